The quantitative estimate of drug-likeness (QED) is 0.447. The Bertz CT molecular complexity index is 1120. The Kier molecular flexibility index (Phi) is 4.21. The monoisotopic (exact) mass is 359 g/mol. The Morgan fingerprint density at radius 3 is 2.70 bits per heavy atom. The minimum Gasteiger partial charge on any atom is -0.295 e. The summed E-state index contributed by atoms with van der Waals surface area (Å²) >= 11 is 0. The summed E-state index contributed by atoms with van der Waals surface area (Å²) < 4.78 is 3.42. The number of imidazole rings is 1. The lowest BCUT2D eigenvalue weighted by Gasteiger charge is -2.05. The normalized spacial score (nSPS) is 11.7. The fourth-order valence-corrected chi connectivity index (χ4v) is 2.84. The molecule has 0 spiro atoms. The van der Waals surface area contributed by atoms with Crippen molar-refractivity contribution in [3.05, 3.63) is 78.3 Å². The van der Waals surface area contributed by atoms with Crippen LogP contribution in [0.5, 0.6) is 0 Å². The van der Waals surface area contributed by atoms with Crippen LogP contribution in [0.15, 0.2) is 66.4 Å². The molecule has 0 aliphatic carbocycles. The summed E-state index contributed by atoms with van der Waals surface area (Å²) in [7, 11) is 0. The third-order valence-electron chi connectivity index (χ3n) is 4.21. The zero-order valence-corrected chi connectivity index (χ0v) is 14.9. The van der Waals surface area contributed by atoms with Crippen LogP contribution in [-0.4, -0.2) is 35.8 Å². The molecule has 8 heteroatoms. The molecule has 0 unspecified atom stereocenters. The molecule has 134 valence electrons. The van der Waals surface area contributed by atoms with Crippen LogP contribution >= 0.6 is 0 Å². The van der Waals surface area contributed by atoms with Crippen LogP contribution in [0.4, 0.5) is 0 Å². The minimum atomic E-state index is -0.301. The van der Waals surface area contributed by atoms with Crippen molar-refractivity contribution in [3.8, 4) is 5.69 Å². The van der Waals surface area contributed by atoms with Crippen molar-refractivity contribution in [2.75, 3.05) is 0 Å². The molecule has 0 fully saturated rings. The zero-order valence-electron chi connectivity index (χ0n) is 14.9. The van der Waals surface area contributed by atoms with Gasteiger partial charge in [0.15, 0.2) is 0 Å². The predicted molar refractivity (Wildman–Crippen MR) is 101 cm³/mol. The summed E-state index contributed by atoms with van der Waals surface area (Å²) in [5, 5.41) is 8.32. The highest BCUT2D eigenvalue weighted by Gasteiger charge is 2.15. The third kappa shape index (κ3) is 3.20. The number of pyridine rings is 1. The van der Waals surface area contributed by atoms with E-state index in [9.17, 15) is 4.79 Å². The molecule has 27 heavy (non-hydrogen) atoms. The topological polar surface area (TPSA) is 89.5 Å². The average molecular weight is 359 g/mol. The number of amides is 1. The fraction of sp³-hybridized carbons (Fsp3) is 0.105. The highest BCUT2D eigenvalue weighted by molar-refractivity contribution is 6.01. The second-order valence-electron chi connectivity index (χ2n) is 6.00. The fourth-order valence-electron chi connectivity index (χ4n) is 2.84. The lowest BCUT2D eigenvalue weighted by molar-refractivity contribution is 0.0948. The molecule has 1 N–H and O–H groups in total. The van der Waals surface area contributed by atoms with Crippen molar-refractivity contribution < 1.29 is 4.79 Å². The van der Waals surface area contributed by atoms with Gasteiger partial charge in [0.25, 0.3) is 5.91 Å². The maximum Gasteiger partial charge on any atom is 0.290 e. The van der Waals surface area contributed by atoms with Crippen molar-refractivity contribution in [3.63, 3.8) is 0 Å². The number of fused-ring (bicyclic) bond motifs is 1. The van der Waals surface area contributed by atoms with E-state index in [-0.39, 0.29) is 5.91 Å². The summed E-state index contributed by atoms with van der Waals surface area (Å²) in [6.07, 6.45) is 4.93. The first kappa shape index (κ1) is 16.6. The lowest BCUT2D eigenvalue weighted by atomic mass is 10.1. The summed E-state index contributed by atoms with van der Waals surface area (Å²) in [6, 6.07) is 13.3. The number of rotatable bonds is 4. The molecule has 0 atom stereocenters. The summed E-state index contributed by atoms with van der Waals surface area (Å²) in [5.41, 5.74) is 6.97. The van der Waals surface area contributed by atoms with Crippen LogP contribution in [0, 0.1) is 6.92 Å². The van der Waals surface area contributed by atoms with E-state index >= 15 is 0 Å². The first-order chi connectivity index (χ1) is 13.1. The predicted octanol–water partition coefficient (Wildman–Crippen LogP) is 2.38. The second kappa shape index (κ2) is 6.83. The van der Waals surface area contributed by atoms with E-state index in [2.05, 4.69) is 25.6 Å². The molecule has 0 aliphatic heterocycles. The smallest absolute Gasteiger partial charge is 0.290 e. The van der Waals surface area contributed by atoms with Crippen LogP contribution in [0.25, 0.3) is 11.3 Å². The summed E-state index contributed by atoms with van der Waals surface area (Å²) in [4.78, 5) is 20.9. The molecule has 3 heterocycles. The molecule has 0 radical (unpaired) electrons. The van der Waals surface area contributed by atoms with Crippen LogP contribution < -0.4 is 5.43 Å². The van der Waals surface area contributed by atoms with Crippen LogP contribution in [0.1, 0.15) is 28.7 Å². The van der Waals surface area contributed by atoms with Gasteiger partial charge in [-0.1, -0.05) is 18.2 Å². The van der Waals surface area contributed by atoms with Gasteiger partial charge in [-0.05, 0) is 43.7 Å². The molecule has 1 aromatic carbocycles. The largest absolute Gasteiger partial charge is 0.295 e. The van der Waals surface area contributed by atoms with Crippen molar-refractivity contribution >= 4 is 17.3 Å². The number of aromatic nitrogens is 5. The SMILES string of the molecule is C/C(=N\NC(=O)c1c(C)nc2ccccn12)c1ccc(-n2cncn2)cc1. The van der Waals surface area contributed by atoms with Gasteiger partial charge in [0.05, 0.1) is 17.1 Å². The zero-order chi connectivity index (χ0) is 18.8. The average Bonchev–Trinajstić information content (AvgIpc) is 3.33. The van der Waals surface area contributed by atoms with E-state index in [1.807, 2.05) is 55.6 Å². The van der Waals surface area contributed by atoms with Crippen molar-refractivity contribution in [2.24, 2.45) is 5.10 Å². The standard InChI is InChI=1S/C19H17N7O/c1-13(15-6-8-16(9-7-15)26-12-20-11-21-26)23-24-19(27)18-14(2)22-17-5-3-4-10-25(17)18/h3-12H,1-2H3,(H,24,27)/b23-13+. The van der Waals surface area contributed by atoms with Crippen molar-refractivity contribution in [2.45, 2.75) is 13.8 Å². The number of carbonyl (C=O) groups excluding carboxylic acids is 1. The van der Waals surface area contributed by atoms with Gasteiger partial charge in [0, 0.05) is 6.20 Å². The Balaban J connectivity index is 1.53. The molecule has 0 saturated heterocycles. The van der Waals surface area contributed by atoms with Gasteiger partial charge < -0.3 is 0 Å². The highest BCUT2D eigenvalue weighted by Crippen LogP contribution is 2.12. The molecule has 8 nitrogen and oxygen atoms in total. The van der Waals surface area contributed by atoms with Gasteiger partial charge in [0.1, 0.15) is 24.0 Å². The third-order valence-corrected chi connectivity index (χ3v) is 4.21. The number of hydrazone groups is 1. The van der Waals surface area contributed by atoms with Gasteiger partial charge in [-0.25, -0.2) is 20.1 Å². The number of aryl methyl sites for hydroxylation is 1. The number of hydrogen-bond acceptors (Lipinski definition) is 5. The Hall–Kier alpha value is -3.81. The molecular weight excluding hydrogens is 342 g/mol. The number of benzene rings is 1. The van der Waals surface area contributed by atoms with E-state index in [1.165, 1.54) is 6.33 Å². The van der Waals surface area contributed by atoms with Crippen LogP contribution in [0.3, 0.4) is 0 Å². The number of nitrogens with one attached hydrogen (secondary N) is 1. The highest BCUT2D eigenvalue weighted by atomic mass is 16.2. The number of carbonyl (C=O) groups is 1. The molecule has 3 aromatic heterocycles. The molecule has 0 bridgehead atoms. The van der Waals surface area contributed by atoms with Gasteiger partial charge in [-0.15, -0.1) is 0 Å². The van der Waals surface area contributed by atoms with Crippen molar-refractivity contribution in [1.29, 1.82) is 0 Å². The number of hydrogen-bond donors (Lipinski definition) is 1. The van der Waals surface area contributed by atoms with E-state index in [1.54, 1.807) is 22.3 Å². The first-order valence-electron chi connectivity index (χ1n) is 8.37. The van der Waals surface area contributed by atoms with Gasteiger partial charge in [-0.2, -0.15) is 10.2 Å². The minimum absolute atomic E-state index is 0.301. The molecule has 0 saturated carbocycles. The number of nitrogens with zero attached hydrogens (tertiary/aromatic N) is 6. The van der Waals surface area contributed by atoms with E-state index in [0.29, 0.717) is 17.1 Å². The maximum atomic E-state index is 12.6. The molecule has 1 amide bonds. The van der Waals surface area contributed by atoms with E-state index in [0.717, 1.165) is 16.9 Å². The second-order valence-corrected chi connectivity index (χ2v) is 6.00. The van der Waals surface area contributed by atoms with Gasteiger partial charge >= 0.3 is 0 Å². The van der Waals surface area contributed by atoms with Gasteiger partial charge in [-0.3, -0.25) is 9.20 Å². The Labute approximate surface area is 155 Å². The van der Waals surface area contributed by atoms with E-state index in [4.69, 9.17) is 0 Å². The first-order valence-corrected chi connectivity index (χ1v) is 8.37. The Morgan fingerprint density at radius 1 is 1.15 bits per heavy atom. The molecule has 0 aliphatic rings. The summed E-state index contributed by atoms with van der Waals surface area (Å²) in [6.45, 7) is 3.65. The molecule has 4 aromatic rings. The van der Waals surface area contributed by atoms with Crippen LogP contribution in [-0.2, 0) is 0 Å². The summed E-state index contributed by atoms with van der Waals surface area (Å²) in [5.74, 6) is -0.301. The van der Waals surface area contributed by atoms with Crippen LogP contribution in [0.2, 0.25) is 0 Å². The van der Waals surface area contributed by atoms with E-state index < -0.39 is 0 Å². The van der Waals surface area contributed by atoms with Crippen molar-refractivity contribution in [1.82, 2.24) is 29.6 Å². The van der Waals surface area contributed by atoms with Gasteiger partial charge in [0.2, 0.25) is 0 Å². The lowest BCUT2D eigenvalue weighted by Crippen LogP contribution is -2.21. The molecular formula is C19H17N7O. The maximum absolute atomic E-state index is 12.6. The Morgan fingerprint density at radius 2 is 1.96 bits per heavy atom. The molecule has 4 rings (SSSR count).